The first kappa shape index (κ1) is 14.3. The van der Waals surface area contributed by atoms with Crippen molar-refractivity contribution in [2.75, 3.05) is 5.75 Å². The minimum absolute atomic E-state index is 0.258. The number of aryl methyl sites for hydroxylation is 1. The molecule has 17 heavy (non-hydrogen) atoms. The summed E-state index contributed by atoms with van der Waals surface area (Å²) in [6.07, 6.45) is 3.30. The van der Waals surface area contributed by atoms with Crippen molar-refractivity contribution < 1.29 is 4.79 Å². The second-order valence-corrected chi connectivity index (χ2v) is 5.83. The van der Waals surface area contributed by atoms with Gasteiger partial charge in [0, 0.05) is 10.8 Å². The molecule has 0 aliphatic carbocycles. The van der Waals surface area contributed by atoms with Crippen molar-refractivity contribution in [2.45, 2.75) is 45.3 Å². The highest BCUT2D eigenvalue weighted by Gasteiger charge is 2.08. The third-order valence-corrected chi connectivity index (χ3v) is 4.19. The number of hydrogen-bond acceptors (Lipinski definition) is 2. The van der Waals surface area contributed by atoms with Gasteiger partial charge in [0.1, 0.15) is 0 Å². The molecule has 0 heterocycles. The SMILES string of the molecule is CCCc1cccc(C(=O)CSC(C)CC)c1. The normalized spacial score (nSPS) is 12.4. The van der Waals surface area contributed by atoms with Crippen LogP contribution in [0.1, 0.15) is 49.5 Å². The summed E-state index contributed by atoms with van der Waals surface area (Å²) in [4.78, 5) is 12.0. The monoisotopic (exact) mass is 250 g/mol. The van der Waals surface area contributed by atoms with Crippen LogP contribution >= 0.6 is 11.8 Å². The Balaban J connectivity index is 2.59. The molecule has 1 nitrogen and oxygen atoms in total. The van der Waals surface area contributed by atoms with Crippen molar-refractivity contribution in [1.29, 1.82) is 0 Å². The van der Waals surface area contributed by atoms with Gasteiger partial charge in [-0.2, -0.15) is 11.8 Å². The molecule has 94 valence electrons. The molecule has 2 heteroatoms. The van der Waals surface area contributed by atoms with Crippen LogP contribution in [-0.4, -0.2) is 16.8 Å². The summed E-state index contributed by atoms with van der Waals surface area (Å²) in [5, 5.41) is 0.567. The van der Waals surface area contributed by atoms with Crippen LogP contribution in [0.5, 0.6) is 0 Å². The lowest BCUT2D eigenvalue weighted by molar-refractivity contribution is 0.102. The molecule has 0 aromatic heterocycles. The van der Waals surface area contributed by atoms with Crippen molar-refractivity contribution >= 4 is 17.5 Å². The number of hydrogen-bond donors (Lipinski definition) is 0. The summed E-state index contributed by atoms with van der Waals surface area (Å²) in [6.45, 7) is 6.49. The molecule has 1 rings (SSSR count). The number of benzene rings is 1. The summed E-state index contributed by atoms with van der Waals surface area (Å²) in [7, 11) is 0. The van der Waals surface area contributed by atoms with Gasteiger partial charge in [-0.3, -0.25) is 4.79 Å². The van der Waals surface area contributed by atoms with E-state index in [0.29, 0.717) is 11.0 Å². The molecule has 0 bridgehead atoms. The second kappa shape index (κ2) is 7.54. The van der Waals surface area contributed by atoms with Crippen molar-refractivity contribution in [3.05, 3.63) is 35.4 Å². The average Bonchev–Trinajstić information content (AvgIpc) is 2.36. The van der Waals surface area contributed by atoms with Gasteiger partial charge in [-0.1, -0.05) is 45.4 Å². The molecular weight excluding hydrogens is 228 g/mol. The summed E-state index contributed by atoms with van der Waals surface area (Å²) in [5.41, 5.74) is 2.14. The number of Topliss-reactive ketones (excluding diaryl/α,β-unsaturated/α-hetero) is 1. The second-order valence-electron chi connectivity index (χ2n) is 4.40. The van der Waals surface area contributed by atoms with Crippen molar-refractivity contribution in [3.8, 4) is 0 Å². The molecule has 0 N–H and O–H groups in total. The first-order chi connectivity index (χ1) is 8.17. The third-order valence-electron chi connectivity index (χ3n) is 2.86. The highest BCUT2D eigenvalue weighted by Crippen LogP contribution is 2.16. The fourth-order valence-corrected chi connectivity index (χ4v) is 2.45. The van der Waals surface area contributed by atoms with Crippen molar-refractivity contribution in [1.82, 2.24) is 0 Å². The average molecular weight is 250 g/mol. The Hall–Kier alpha value is -0.760. The van der Waals surface area contributed by atoms with E-state index < -0.39 is 0 Å². The summed E-state index contributed by atoms with van der Waals surface area (Å²) in [5.74, 6) is 0.859. The molecule has 0 aliphatic heterocycles. The fourth-order valence-electron chi connectivity index (χ4n) is 1.61. The fraction of sp³-hybridized carbons (Fsp3) is 0.533. The zero-order chi connectivity index (χ0) is 12.7. The number of ketones is 1. The van der Waals surface area contributed by atoms with Crippen molar-refractivity contribution in [2.24, 2.45) is 0 Å². The minimum Gasteiger partial charge on any atom is -0.293 e. The first-order valence-electron chi connectivity index (χ1n) is 6.41. The number of carbonyl (C=O) groups excluding carboxylic acids is 1. The first-order valence-corrected chi connectivity index (χ1v) is 7.46. The van der Waals surface area contributed by atoms with Gasteiger partial charge in [0.2, 0.25) is 0 Å². The number of carbonyl (C=O) groups is 1. The molecule has 0 spiro atoms. The molecule has 1 aromatic carbocycles. The van der Waals surface area contributed by atoms with Crippen LogP contribution in [0.15, 0.2) is 24.3 Å². The van der Waals surface area contributed by atoms with Crippen LogP contribution in [0.3, 0.4) is 0 Å². The predicted molar refractivity (Wildman–Crippen MR) is 77.0 cm³/mol. The van der Waals surface area contributed by atoms with Gasteiger partial charge >= 0.3 is 0 Å². The molecule has 0 radical (unpaired) electrons. The van der Waals surface area contributed by atoms with E-state index in [9.17, 15) is 4.79 Å². The van der Waals surface area contributed by atoms with E-state index in [1.165, 1.54) is 5.56 Å². The number of thioether (sulfide) groups is 1. The maximum atomic E-state index is 12.0. The van der Waals surface area contributed by atoms with Gasteiger partial charge in [0.15, 0.2) is 5.78 Å². The van der Waals surface area contributed by atoms with Crippen molar-refractivity contribution in [3.63, 3.8) is 0 Å². The van der Waals surface area contributed by atoms with E-state index in [0.717, 1.165) is 24.8 Å². The van der Waals surface area contributed by atoms with E-state index in [-0.39, 0.29) is 5.78 Å². The van der Waals surface area contributed by atoms with Crippen LogP contribution in [0.4, 0.5) is 0 Å². The van der Waals surface area contributed by atoms with Crippen LogP contribution in [0.25, 0.3) is 0 Å². The lowest BCUT2D eigenvalue weighted by Crippen LogP contribution is -2.06. The van der Waals surface area contributed by atoms with Gasteiger partial charge in [0.25, 0.3) is 0 Å². The zero-order valence-electron chi connectivity index (χ0n) is 11.0. The Bertz CT molecular complexity index is 360. The molecule has 0 amide bonds. The maximum Gasteiger partial charge on any atom is 0.172 e. The molecule has 0 aliphatic rings. The van der Waals surface area contributed by atoms with Gasteiger partial charge in [-0.05, 0) is 24.5 Å². The van der Waals surface area contributed by atoms with Crippen LogP contribution in [0.2, 0.25) is 0 Å². The van der Waals surface area contributed by atoms with E-state index in [4.69, 9.17) is 0 Å². The highest BCUT2D eigenvalue weighted by molar-refractivity contribution is 8.00. The smallest absolute Gasteiger partial charge is 0.172 e. The molecule has 0 saturated heterocycles. The molecular formula is C15H22OS. The van der Waals surface area contributed by atoms with E-state index >= 15 is 0 Å². The summed E-state index contributed by atoms with van der Waals surface area (Å²) < 4.78 is 0. The third kappa shape index (κ3) is 4.95. The molecule has 1 aromatic rings. The highest BCUT2D eigenvalue weighted by atomic mass is 32.2. The van der Waals surface area contributed by atoms with Gasteiger partial charge in [-0.25, -0.2) is 0 Å². The topological polar surface area (TPSA) is 17.1 Å². The largest absolute Gasteiger partial charge is 0.293 e. The van der Waals surface area contributed by atoms with E-state index in [1.807, 2.05) is 18.2 Å². The maximum absolute atomic E-state index is 12.0. The van der Waals surface area contributed by atoms with Crippen LogP contribution in [0, 0.1) is 0 Å². The molecule has 1 atom stereocenters. The Morgan fingerprint density at radius 1 is 1.35 bits per heavy atom. The standard InChI is InChI=1S/C15H22OS/c1-4-7-13-8-6-9-14(10-13)15(16)11-17-12(3)5-2/h6,8-10,12H,4-5,7,11H2,1-3H3. The van der Waals surface area contributed by atoms with E-state index in [1.54, 1.807) is 11.8 Å². The minimum atomic E-state index is 0.258. The van der Waals surface area contributed by atoms with Gasteiger partial charge in [-0.15, -0.1) is 0 Å². The molecule has 0 saturated carbocycles. The number of rotatable bonds is 7. The lowest BCUT2D eigenvalue weighted by Gasteiger charge is -2.08. The zero-order valence-corrected chi connectivity index (χ0v) is 11.8. The van der Waals surface area contributed by atoms with Gasteiger partial charge in [0.05, 0.1) is 5.75 Å². The molecule has 1 unspecified atom stereocenters. The predicted octanol–water partition coefficient (Wildman–Crippen LogP) is 4.35. The van der Waals surface area contributed by atoms with Crippen LogP contribution in [-0.2, 0) is 6.42 Å². The lowest BCUT2D eigenvalue weighted by atomic mass is 10.1. The van der Waals surface area contributed by atoms with E-state index in [2.05, 4.69) is 26.8 Å². The quantitative estimate of drug-likeness (QED) is 0.669. The Kier molecular flexibility index (Phi) is 6.35. The Morgan fingerprint density at radius 2 is 2.12 bits per heavy atom. The van der Waals surface area contributed by atoms with Crippen LogP contribution < -0.4 is 0 Å². The summed E-state index contributed by atoms with van der Waals surface area (Å²) in [6, 6.07) is 8.07. The Labute approximate surface area is 109 Å². The molecule has 0 fully saturated rings. The van der Waals surface area contributed by atoms with Gasteiger partial charge < -0.3 is 0 Å². The summed E-state index contributed by atoms with van der Waals surface area (Å²) >= 11 is 1.75. The Morgan fingerprint density at radius 3 is 2.76 bits per heavy atom.